The number of rotatable bonds is 4. The Kier molecular flexibility index (Phi) is 9.10. The van der Waals surface area contributed by atoms with Gasteiger partial charge in [-0.2, -0.15) is 0 Å². The molecular weight excluding hydrogens is 773 g/mol. The van der Waals surface area contributed by atoms with Gasteiger partial charge in [-0.3, -0.25) is 0 Å². The van der Waals surface area contributed by atoms with Crippen LogP contribution in [-0.2, 0) is 21.7 Å². The van der Waals surface area contributed by atoms with Crippen LogP contribution in [0.1, 0.15) is 143 Å². The van der Waals surface area contributed by atoms with Gasteiger partial charge in [-0.05, 0) is 153 Å². The third-order valence-corrected chi connectivity index (χ3v) is 17.7. The molecule has 7 aromatic carbocycles. The predicted octanol–water partition coefficient (Wildman–Crippen LogP) is 17.4. The SMILES string of the molecule is CC(C)(C)c1ccc2c(c1)C1(C)CCCCC1(C)N2c1ccc2c(-c3ccccc3)c3cc(N4c5ccc(C(C)(C)C)cc5C5(C)CCCCC45C)ccc3c(-c3ccccc3)c2c1. The first-order valence-corrected chi connectivity index (χ1v) is 24.5. The largest absolute Gasteiger partial charge is 0.334 e. The van der Waals surface area contributed by atoms with Crippen LogP contribution < -0.4 is 9.80 Å². The summed E-state index contributed by atoms with van der Waals surface area (Å²) in [6.07, 6.45) is 9.86. The molecule has 0 N–H and O–H groups in total. The Morgan fingerprint density at radius 1 is 0.391 bits per heavy atom. The third-order valence-electron chi connectivity index (χ3n) is 17.7. The zero-order valence-corrected chi connectivity index (χ0v) is 40.3. The molecule has 0 saturated heterocycles. The fourth-order valence-corrected chi connectivity index (χ4v) is 13.5. The van der Waals surface area contributed by atoms with Gasteiger partial charge in [-0.15, -0.1) is 0 Å². The molecule has 2 aliphatic heterocycles. The summed E-state index contributed by atoms with van der Waals surface area (Å²) in [4.78, 5) is 5.55. The minimum absolute atomic E-state index is 0.0396. The fourth-order valence-electron chi connectivity index (χ4n) is 13.5. The monoisotopic (exact) mass is 841 g/mol. The standard InChI is InChI=1S/C62H68N2/c1-57(2,3)43-25-31-53-51(37-43)59(7)33-17-19-35-61(59,9)63(53)45-27-29-47-49(39-45)55(41-21-13-11-14-22-41)48-30-28-46(40-50(48)56(47)42-23-15-12-16-24-42)64-54-32-26-44(58(4,5)6)38-52(54)60(8)34-18-20-36-62(60,64)10/h11-16,21-32,37-40H,17-20,33-36H2,1-10H3. The van der Waals surface area contributed by atoms with Crippen LogP contribution in [0.25, 0.3) is 43.8 Å². The summed E-state index contributed by atoms with van der Waals surface area (Å²) in [5.41, 5.74) is 16.7. The summed E-state index contributed by atoms with van der Waals surface area (Å²) in [7, 11) is 0. The second kappa shape index (κ2) is 14.1. The normalized spacial score (nSPS) is 25.3. The van der Waals surface area contributed by atoms with E-state index in [0.717, 1.165) is 0 Å². The van der Waals surface area contributed by atoms with Crippen molar-refractivity contribution in [2.24, 2.45) is 0 Å². The molecule has 0 bridgehead atoms. The maximum atomic E-state index is 2.77. The van der Waals surface area contributed by atoms with Crippen LogP contribution in [-0.4, -0.2) is 11.1 Å². The molecule has 7 aromatic rings. The van der Waals surface area contributed by atoms with Crippen LogP contribution in [0.3, 0.4) is 0 Å². The fraction of sp³-hybridized carbons (Fsp3) is 0.387. The van der Waals surface area contributed by atoms with Crippen LogP contribution in [0.15, 0.2) is 133 Å². The highest BCUT2D eigenvalue weighted by Crippen LogP contribution is 2.63. The Bertz CT molecular complexity index is 2780. The maximum absolute atomic E-state index is 2.77. The van der Waals surface area contributed by atoms with E-state index < -0.39 is 0 Å². The summed E-state index contributed by atoms with van der Waals surface area (Å²) in [6, 6.07) is 52.4. The third kappa shape index (κ3) is 5.75. The molecule has 2 aliphatic carbocycles. The first kappa shape index (κ1) is 41.4. The molecule has 4 unspecified atom stereocenters. The Hall–Kier alpha value is -5.34. The van der Waals surface area contributed by atoms with Gasteiger partial charge < -0.3 is 9.80 Å². The van der Waals surface area contributed by atoms with Gasteiger partial charge in [-0.25, -0.2) is 0 Å². The number of hydrogen-bond acceptors (Lipinski definition) is 2. The van der Waals surface area contributed by atoms with Crippen LogP contribution in [0.5, 0.6) is 0 Å². The predicted molar refractivity (Wildman–Crippen MR) is 275 cm³/mol. The van der Waals surface area contributed by atoms with Gasteiger partial charge in [0, 0.05) is 33.6 Å². The quantitative estimate of drug-likeness (QED) is 0.163. The van der Waals surface area contributed by atoms with Gasteiger partial charge in [-0.1, -0.05) is 178 Å². The molecule has 2 heteroatoms. The minimum atomic E-state index is -0.0396. The molecule has 4 atom stereocenters. The van der Waals surface area contributed by atoms with E-state index in [1.54, 1.807) is 0 Å². The summed E-state index contributed by atoms with van der Waals surface area (Å²) >= 11 is 0. The van der Waals surface area contributed by atoms with Gasteiger partial charge in [0.25, 0.3) is 0 Å². The molecule has 4 aliphatic rings. The second-order valence-electron chi connectivity index (χ2n) is 23.2. The summed E-state index contributed by atoms with van der Waals surface area (Å²) < 4.78 is 0. The van der Waals surface area contributed by atoms with Gasteiger partial charge in [0.05, 0.1) is 11.1 Å². The van der Waals surface area contributed by atoms with E-state index in [1.807, 2.05) is 0 Å². The van der Waals surface area contributed by atoms with E-state index in [1.165, 1.54) is 140 Å². The van der Waals surface area contributed by atoms with Crippen molar-refractivity contribution < 1.29 is 0 Å². The summed E-state index contributed by atoms with van der Waals surface area (Å²) in [5, 5.41) is 5.25. The molecule has 2 heterocycles. The molecule has 0 radical (unpaired) electrons. The van der Waals surface area contributed by atoms with E-state index >= 15 is 0 Å². The molecule has 11 rings (SSSR count). The van der Waals surface area contributed by atoms with Crippen molar-refractivity contribution in [2.45, 2.75) is 153 Å². The van der Waals surface area contributed by atoms with Crippen molar-refractivity contribution in [3.8, 4) is 22.3 Å². The molecule has 64 heavy (non-hydrogen) atoms. The number of anilines is 4. The molecule has 0 amide bonds. The van der Waals surface area contributed by atoms with Crippen molar-refractivity contribution in [3.05, 3.63) is 156 Å². The van der Waals surface area contributed by atoms with Crippen LogP contribution >= 0.6 is 0 Å². The van der Waals surface area contributed by atoms with E-state index in [9.17, 15) is 0 Å². The van der Waals surface area contributed by atoms with E-state index in [4.69, 9.17) is 0 Å². The maximum Gasteiger partial charge on any atom is 0.0517 e. The molecular formula is C62H68N2. The molecule has 2 fully saturated rings. The highest BCUT2D eigenvalue weighted by molar-refractivity contribution is 6.22. The first-order chi connectivity index (χ1) is 30.5. The Morgan fingerprint density at radius 2 is 0.766 bits per heavy atom. The zero-order valence-electron chi connectivity index (χ0n) is 40.3. The van der Waals surface area contributed by atoms with Crippen LogP contribution in [0.2, 0.25) is 0 Å². The lowest BCUT2D eigenvalue weighted by molar-refractivity contribution is 0.195. The van der Waals surface area contributed by atoms with Gasteiger partial charge in [0.2, 0.25) is 0 Å². The number of hydrogen-bond donors (Lipinski definition) is 0. The zero-order chi connectivity index (χ0) is 44.6. The van der Waals surface area contributed by atoms with Gasteiger partial charge >= 0.3 is 0 Å². The van der Waals surface area contributed by atoms with Crippen molar-refractivity contribution >= 4 is 44.3 Å². The Morgan fingerprint density at radius 3 is 1.14 bits per heavy atom. The molecule has 326 valence electrons. The van der Waals surface area contributed by atoms with Crippen molar-refractivity contribution in [1.29, 1.82) is 0 Å². The average Bonchev–Trinajstić information content (AvgIpc) is 3.62. The number of benzene rings is 7. The topological polar surface area (TPSA) is 6.48 Å². The lowest BCUT2D eigenvalue weighted by Crippen LogP contribution is -2.54. The van der Waals surface area contributed by atoms with Crippen molar-refractivity contribution in [1.82, 2.24) is 0 Å². The van der Waals surface area contributed by atoms with E-state index in [2.05, 4.69) is 212 Å². The summed E-state index contributed by atoms with van der Waals surface area (Å²) in [5.74, 6) is 0. The summed E-state index contributed by atoms with van der Waals surface area (Å²) in [6.45, 7) is 24.4. The number of nitrogens with zero attached hydrogens (tertiary/aromatic N) is 2. The highest BCUT2D eigenvalue weighted by atomic mass is 15.3. The lowest BCUT2D eigenvalue weighted by atomic mass is 9.61. The molecule has 0 aromatic heterocycles. The van der Waals surface area contributed by atoms with E-state index in [0.29, 0.717) is 0 Å². The Balaban J connectivity index is 1.18. The van der Waals surface area contributed by atoms with Gasteiger partial charge in [0.15, 0.2) is 0 Å². The van der Waals surface area contributed by atoms with Crippen molar-refractivity contribution in [3.63, 3.8) is 0 Å². The first-order valence-electron chi connectivity index (χ1n) is 24.5. The second-order valence-corrected chi connectivity index (χ2v) is 23.2. The molecule has 2 nitrogen and oxygen atoms in total. The average molecular weight is 841 g/mol. The van der Waals surface area contributed by atoms with Crippen molar-refractivity contribution in [2.75, 3.05) is 9.80 Å². The lowest BCUT2D eigenvalue weighted by Gasteiger charge is -2.50. The molecule has 0 spiro atoms. The minimum Gasteiger partial charge on any atom is -0.334 e. The molecule has 2 saturated carbocycles. The van der Waals surface area contributed by atoms with E-state index in [-0.39, 0.29) is 32.7 Å². The smallest absolute Gasteiger partial charge is 0.0517 e. The number of fused-ring (bicyclic) bond motifs is 8. The van der Waals surface area contributed by atoms with Gasteiger partial charge in [0.1, 0.15) is 0 Å². The Labute approximate surface area is 383 Å². The highest BCUT2D eigenvalue weighted by Gasteiger charge is 2.59. The van der Waals surface area contributed by atoms with Crippen LogP contribution in [0.4, 0.5) is 22.7 Å². The van der Waals surface area contributed by atoms with Crippen LogP contribution in [0, 0.1) is 0 Å².